The highest BCUT2D eigenvalue weighted by molar-refractivity contribution is 7.99. The summed E-state index contributed by atoms with van der Waals surface area (Å²) in [5.74, 6) is 2.54. The average Bonchev–Trinajstić information content (AvgIpc) is 2.51. The zero-order valence-corrected chi connectivity index (χ0v) is 14.2. The summed E-state index contributed by atoms with van der Waals surface area (Å²) in [6, 6.07) is 0.649. The van der Waals surface area contributed by atoms with Crippen LogP contribution in [0.1, 0.15) is 38.5 Å². The molecular weight excluding hydrogens is 286 g/mol. The van der Waals surface area contributed by atoms with E-state index in [-0.39, 0.29) is 5.60 Å². The van der Waals surface area contributed by atoms with Gasteiger partial charge in [0.15, 0.2) is 0 Å². The lowest BCUT2D eigenvalue weighted by Gasteiger charge is -2.43. The molecule has 0 aromatic heterocycles. The number of ether oxygens (including phenoxy) is 3. The van der Waals surface area contributed by atoms with E-state index < -0.39 is 0 Å². The third-order valence-corrected chi connectivity index (χ3v) is 5.46. The third-order valence-electron chi connectivity index (χ3n) is 4.48. The molecule has 5 heteroatoms. The minimum absolute atomic E-state index is 0.199. The van der Waals surface area contributed by atoms with E-state index in [1.165, 1.54) is 43.6 Å². The molecule has 0 aromatic rings. The molecule has 0 radical (unpaired) electrons. The van der Waals surface area contributed by atoms with Gasteiger partial charge in [0.1, 0.15) is 0 Å². The predicted octanol–water partition coefficient (Wildman–Crippen LogP) is 2.46. The SMILES string of the molecule is COCCOCCCCNC1CCOC2(CCSCC2)C1. The van der Waals surface area contributed by atoms with Crippen LogP contribution in [0.2, 0.25) is 0 Å². The van der Waals surface area contributed by atoms with Gasteiger partial charge >= 0.3 is 0 Å². The molecule has 21 heavy (non-hydrogen) atoms. The first-order chi connectivity index (χ1) is 10.3. The zero-order chi connectivity index (χ0) is 14.8. The number of rotatable bonds is 9. The largest absolute Gasteiger partial charge is 0.382 e. The van der Waals surface area contributed by atoms with E-state index in [0.29, 0.717) is 19.3 Å². The Labute approximate surface area is 133 Å². The van der Waals surface area contributed by atoms with E-state index >= 15 is 0 Å². The van der Waals surface area contributed by atoms with E-state index in [2.05, 4.69) is 17.1 Å². The van der Waals surface area contributed by atoms with Crippen LogP contribution in [-0.4, -0.2) is 63.2 Å². The van der Waals surface area contributed by atoms with Crippen molar-refractivity contribution >= 4 is 11.8 Å². The summed E-state index contributed by atoms with van der Waals surface area (Å²) in [5.41, 5.74) is 0.199. The van der Waals surface area contributed by atoms with Crippen molar-refractivity contribution in [3.05, 3.63) is 0 Å². The standard InChI is InChI=1S/C16H31NO3S/c1-18-10-11-19-8-3-2-7-17-15-4-9-20-16(14-15)5-12-21-13-6-16/h15,17H,2-14H2,1H3. The molecule has 0 amide bonds. The third kappa shape index (κ3) is 6.45. The van der Waals surface area contributed by atoms with Gasteiger partial charge in [-0.1, -0.05) is 0 Å². The Bertz CT molecular complexity index is 267. The van der Waals surface area contributed by atoms with E-state index in [1.807, 2.05) is 0 Å². The maximum Gasteiger partial charge on any atom is 0.0713 e. The second-order valence-corrected chi connectivity index (χ2v) is 7.32. The topological polar surface area (TPSA) is 39.7 Å². The second-order valence-electron chi connectivity index (χ2n) is 6.10. The lowest BCUT2D eigenvalue weighted by molar-refractivity contribution is -0.0931. The summed E-state index contributed by atoms with van der Waals surface area (Å²) in [7, 11) is 1.71. The fourth-order valence-electron chi connectivity index (χ4n) is 3.17. The normalized spacial score (nSPS) is 25.3. The fourth-order valence-corrected chi connectivity index (χ4v) is 4.41. The van der Waals surface area contributed by atoms with Crippen molar-refractivity contribution in [2.75, 3.05) is 51.6 Å². The monoisotopic (exact) mass is 317 g/mol. The molecule has 0 bridgehead atoms. The van der Waals surface area contributed by atoms with Crippen molar-refractivity contribution in [2.24, 2.45) is 0 Å². The number of unbranched alkanes of at least 4 members (excludes halogenated alkanes) is 1. The van der Waals surface area contributed by atoms with E-state index in [0.717, 1.165) is 26.2 Å². The Kier molecular flexibility index (Phi) is 8.40. The molecule has 0 aliphatic carbocycles. The van der Waals surface area contributed by atoms with Gasteiger partial charge in [0.05, 0.1) is 18.8 Å². The van der Waals surface area contributed by atoms with Crippen LogP contribution in [0.3, 0.4) is 0 Å². The van der Waals surface area contributed by atoms with Gasteiger partial charge in [0.25, 0.3) is 0 Å². The summed E-state index contributed by atoms with van der Waals surface area (Å²) in [6.07, 6.45) is 7.17. The van der Waals surface area contributed by atoms with Crippen LogP contribution in [0.15, 0.2) is 0 Å². The molecular formula is C16H31NO3S. The molecule has 1 spiro atoms. The Balaban J connectivity index is 1.52. The van der Waals surface area contributed by atoms with E-state index in [1.54, 1.807) is 7.11 Å². The molecule has 2 rings (SSSR count). The van der Waals surface area contributed by atoms with Crippen molar-refractivity contribution in [3.8, 4) is 0 Å². The molecule has 4 nitrogen and oxygen atoms in total. The van der Waals surface area contributed by atoms with Gasteiger partial charge < -0.3 is 19.5 Å². The lowest BCUT2D eigenvalue weighted by Crippen LogP contribution is -2.49. The quantitative estimate of drug-likeness (QED) is 0.662. The van der Waals surface area contributed by atoms with Crippen LogP contribution >= 0.6 is 11.8 Å². The van der Waals surface area contributed by atoms with E-state index in [9.17, 15) is 0 Å². The highest BCUT2D eigenvalue weighted by Crippen LogP contribution is 2.37. The van der Waals surface area contributed by atoms with Crippen molar-refractivity contribution in [1.29, 1.82) is 0 Å². The first-order valence-corrected chi connectivity index (χ1v) is 9.52. The molecule has 1 unspecified atom stereocenters. The zero-order valence-electron chi connectivity index (χ0n) is 13.4. The Morgan fingerprint density at radius 2 is 2.05 bits per heavy atom. The van der Waals surface area contributed by atoms with Crippen molar-refractivity contribution in [1.82, 2.24) is 5.32 Å². The van der Waals surface area contributed by atoms with Gasteiger partial charge in [-0.05, 0) is 56.6 Å². The van der Waals surface area contributed by atoms with E-state index in [4.69, 9.17) is 14.2 Å². The average molecular weight is 317 g/mol. The highest BCUT2D eigenvalue weighted by Gasteiger charge is 2.38. The van der Waals surface area contributed by atoms with Gasteiger partial charge in [0.2, 0.25) is 0 Å². The first-order valence-electron chi connectivity index (χ1n) is 8.36. The Hall–Kier alpha value is 0.190. The maximum absolute atomic E-state index is 6.13. The fraction of sp³-hybridized carbons (Fsp3) is 1.00. The molecule has 2 aliphatic heterocycles. The van der Waals surface area contributed by atoms with Crippen molar-refractivity contribution in [3.63, 3.8) is 0 Å². The summed E-state index contributed by atoms with van der Waals surface area (Å²) in [6.45, 7) is 4.29. The summed E-state index contributed by atoms with van der Waals surface area (Å²) in [5, 5.41) is 3.73. The number of hydrogen-bond donors (Lipinski definition) is 1. The molecule has 0 saturated carbocycles. The van der Waals surface area contributed by atoms with Crippen molar-refractivity contribution in [2.45, 2.75) is 50.2 Å². The van der Waals surface area contributed by atoms with Crippen LogP contribution in [0.5, 0.6) is 0 Å². The molecule has 0 aromatic carbocycles. The highest BCUT2D eigenvalue weighted by atomic mass is 32.2. The van der Waals surface area contributed by atoms with Crippen LogP contribution in [-0.2, 0) is 14.2 Å². The maximum atomic E-state index is 6.13. The van der Waals surface area contributed by atoms with Crippen LogP contribution < -0.4 is 5.32 Å². The van der Waals surface area contributed by atoms with Gasteiger partial charge in [-0.2, -0.15) is 11.8 Å². The molecule has 1 atom stereocenters. The van der Waals surface area contributed by atoms with Gasteiger partial charge in [-0.25, -0.2) is 0 Å². The molecule has 124 valence electrons. The number of hydrogen-bond acceptors (Lipinski definition) is 5. The summed E-state index contributed by atoms with van der Waals surface area (Å²) in [4.78, 5) is 0. The predicted molar refractivity (Wildman–Crippen MR) is 88.2 cm³/mol. The number of thioether (sulfide) groups is 1. The molecule has 2 heterocycles. The van der Waals surface area contributed by atoms with Crippen LogP contribution in [0, 0.1) is 0 Å². The molecule has 2 aliphatic rings. The van der Waals surface area contributed by atoms with Gasteiger partial charge in [-0.15, -0.1) is 0 Å². The smallest absolute Gasteiger partial charge is 0.0713 e. The van der Waals surface area contributed by atoms with Gasteiger partial charge in [-0.3, -0.25) is 0 Å². The number of methoxy groups -OCH3 is 1. The second kappa shape index (κ2) is 10.1. The molecule has 2 fully saturated rings. The minimum Gasteiger partial charge on any atom is -0.382 e. The van der Waals surface area contributed by atoms with Crippen LogP contribution in [0.25, 0.3) is 0 Å². The van der Waals surface area contributed by atoms with Crippen molar-refractivity contribution < 1.29 is 14.2 Å². The molecule has 1 N–H and O–H groups in total. The first kappa shape index (κ1) is 17.5. The Morgan fingerprint density at radius 1 is 1.19 bits per heavy atom. The lowest BCUT2D eigenvalue weighted by atomic mass is 9.85. The van der Waals surface area contributed by atoms with Gasteiger partial charge in [0, 0.05) is 26.4 Å². The minimum atomic E-state index is 0.199. The van der Waals surface area contributed by atoms with Crippen LogP contribution in [0.4, 0.5) is 0 Å². The Morgan fingerprint density at radius 3 is 2.86 bits per heavy atom. The summed E-state index contributed by atoms with van der Waals surface area (Å²) < 4.78 is 16.6. The molecule has 2 saturated heterocycles. The summed E-state index contributed by atoms with van der Waals surface area (Å²) >= 11 is 2.07. The number of nitrogens with one attached hydrogen (secondary N) is 1.